The number of fused-ring (bicyclic) bond motifs is 4. The first-order valence-electron chi connectivity index (χ1n) is 24.0. The van der Waals surface area contributed by atoms with Crippen molar-refractivity contribution in [2.45, 2.75) is 27.7 Å². The summed E-state index contributed by atoms with van der Waals surface area (Å²) in [5.74, 6) is 6.71. The third-order valence-corrected chi connectivity index (χ3v) is 14.3. The Kier molecular flexibility index (Phi) is 10.6. The van der Waals surface area contributed by atoms with Gasteiger partial charge in [0.1, 0.15) is 6.21 Å². The highest BCUT2D eigenvalue weighted by atomic mass is 19.2. The fourth-order valence-electron chi connectivity index (χ4n) is 10.3. The third kappa shape index (κ3) is 7.75. The molecule has 14 rings (SSSR count). The van der Waals surface area contributed by atoms with Crippen molar-refractivity contribution in [3.8, 4) is 11.8 Å². The van der Waals surface area contributed by atoms with Gasteiger partial charge >= 0.3 is 6.97 Å². The van der Waals surface area contributed by atoms with E-state index in [-0.39, 0.29) is 0 Å². The number of halogens is 2. The molecule has 8 heterocycles. The largest absolute Gasteiger partial charge is 0.737 e. The minimum Gasteiger partial charge on any atom is -0.396 e. The Hall–Kier alpha value is -8.86. The molecule has 0 saturated carbocycles. The lowest BCUT2D eigenvalue weighted by Gasteiger charge is -2.30. The first-order valence-corrected chi connectivity index (χ1v) is 24.0. The standard InChI is InChI=1S/C64H47BF2N4/c1-41-9-19-49(20-10-41)61-51-31-27-47(28-32-51)43(3)44(4)48-29-33-52(34-30-48)62(50-21-11-42(2)12-22-50)56-36-38-58(69-56)63(57-37-35-55(61)68-57)53-23-15-45(16-24-53)13-14-46-17-25-54(26-18-46)64-59-7-5-39-70(59)65(66,67)71-40-6-8-60(64)71/h5-12,15-40,68H,1-4H3/b44-43-,47-43?,48-44?,61-51?,61-55-,62-52?,62-56-,63-57-,63-58?. The van der Waals surface area contributed by atoms with Crippen molar-refractivity contribution in [2.75, 3.05) is 0 Å². The molecule has 340 valence electrons. The van der Waals surface area contributed by atoms with Crippen molar-refractivity contribution >= 4 is 52.3 Å². The van der Waals surface area contributed by atoms with Crippen LogP contribution in [0.1, 0.15) is 86.3 Å². The molecule has 0 radical (unpaired) electrons. The minimum absolute atomic E-state index is 0.498. The molecule has 0 unspecified atom stereocenters. The second-order valence-corrected chi connectivity index (χ2v) is 18.7. The van der Waals surface area contributed by atoms with Gasteiger partial charge in [0.25, 0.3) is 0 Å². The molecule has 8 bridgehead atoms. The fourth-order valence-corrected chi connectivity index (χ4v) is 10.3. The van der Waals surface area contributed by atoms with E-state index in [0.717, 1.165) is 97.9 Å². The lowest BCUT2D eigenvalue weighted by atomic mass is 9.86. The molecule has 0 saturated heterocycles. The van der Waals surface area contributed by atoms with E-state index in [9.17, 15) is 0 Å². The molecule has 7 heteroatoms. The number of aliphatic imine (C=N–C) groups is 1. The smallest absolute Gasteiger partial charge is 0.396 e. The molecular weight excluding hydrogens is 874 g/mol. The van der Waals surface area contributed by atoms with E-state index in [4.69, 9.17) is 4.99 Å². The lowest BCUT2D eigenvalue weighted by molar-refractivity contribution is -0.356. The number of nitrogens with zero attached hydrogens (tertiary/aromatic N) is 3. The maximum atomic E-state index is 15.4. The number of hydrogen-bond acceptors (Lipinski definition) is 1. The van der Waals surface area contributed by atoms with Crippen molar-refractivity contribution in [2.24, 2.45) is 4.99 Å². The van der Waals surface area contributed by atoms with Gasteiger partial charge in [0.2, 0.25) is 0 Å². The SMILES string of the molecule is C/C1=C(\C)c2ccc(cc2)/C(c2ccc(C)cc2)=c2/cc/c([nH]2)=C(\c2ccc(C#Cc3ccc(C4=C5C=CC=[N+]5[B-](F)(F)n5cccc54)cc3)cc2)C2=N/C(=C(/c3ccc(C)cc3)c3ccc1cc3)C=C2. The fraction of sp³-hybridized carbons (Fsp3) is 0.0625. The molecule has 0 spiro atoms. The highest BCUT2D eigenvalue weighted by Gasteiger charge is 2.51. The zero-order chi connectivity index (χ0) is 48.4. The van der Waals surface area contributed by atoms with Gasteiger partial charge in [-0.15, -0.1) is 0 Å². The summed E-state index contributed by atoms with van der Waals surface area (Å²) in [6.07, 6.45) is 10.6. The van der Waals surface area contributed by atoms with Crippen molar-refractivity contribution in [3.63, 3.8) is 0 Å². The van der Waals surface area contributed by atoms with Crippen LogP contribution in [0.15, 0.2) is 217 Å². The summed E-state index contributed by atoms with van der Waals surface area (Å²) in [7, 11) is 0. The second kappa shape index (κ2) is 17.3. The van der Waals surface area contributed by atoms with Crippen LogP contribution in [-0.4, -0.2) is 32.8 Å². The van der Waals surface area contributed by atoms with Crippen LogP contribution in [-0.2, 0) is 0 Å². The van der Waals surface area contributed by atoms with E-state index in [0.29, 0.717) is 11.4 Å². The molecule has 2 aromatic heterocycles. The minimum atomic E-state index is -3.96. The van der Waals surface area contributed by atoms with Gasteiger partial charge in [-0.3, -0.25) is 0 Å². The summed E-state index contributed by atoms with van der Waals surface area (Å²) >= 11 is 0. The molecule has 6 aliphatic heterocycles. The quantitative estimate of drug-likeness (QED) is 0.135. The van der Waals surface area contributed by atoms with Gasteiger partial charge in [-0.1, -0.05) is 144 Å². The van der Waals surface area contributed by atoms with Gasteiger partial charge in [-0.05, 0) is 150 Å². The van der Waals surface area contributed by atoms with E-state index >= 15 is 8.63 Å². The van der Waals surface area contributed by atoms with Crippen LogP contribution in [0.4, 0.5) is 8.63 Å². The van der Waals surface area contributed by atoms with Crippen LogP contribution in [0.5, 0.6) is 0 Å². The van der Waals surface area contributed by atoms with E-state index < -0.39 is 6.97 Å². The third-order valence-electron chi connectivity index (χ3n) is 14.3. The molecule has 4 nitrogen and oxygen atoms in total. The Morgan fingerprint density at radius 1 is 0.479 bits per heavy atom. The monoisotopic (exact) mass is 920 g/mol. The number of hydrogen-bond donors (Lipinski definition) is 1. The van der Waals surface area contributed by atoms with E-state index in [1.54, 1.807) is 24.3 Å². The Morgan fingerprint density at radius 2 is 0.930 bits per heavy atom. The number of allylic oxidation sites excluding steroid dienone is 6. The molecule has 0 fully saturated rings. The number of aromatic amines is 1. The van der Waals surface area contributed by atoms with E-state index in [2.05, 4.69) is 190 Å². The van der Waals surface area contributed by atoms with Gasteiger partial charge in [0.05, 0.1) is 17.0 Å². The van der Waals surface area contributed by atoms with Crippen molar-refractivity contribution in [1.82, 2.24) is 9.46 Å². The predicted octanol–water partition coefficient (Wildman–Crippen LogP) is 12.7. The average molecular weight is 921 g/mol. The zero-order valence-electron chi connectivity index (χ0n) is 39.8. The Labute approximate surface area is 412 Å². The molecule has 0 atom stereocenters. The predicted molar refractivity (Wildman–Crippen MR) is 288 cm³/mol. The molecule has 8 aromatic rings. The van der Waals surface area contributed by atoms with Gasteiger partial charge in [-0.25, -0.2) is 4.99 Å². The Bertz CT molecular complexity index is 3910. The van der Waals surface area contributed by atoms with E-state index in [1.165, 1.54) is 45.8 Å². The summed E-state index contributed by atoms with van der Waals surface area (Å²) in [5.41, 5.74) is 21.9. The van der Waals surface area contributed by atoms with Gasteiger partial charge in [0, 0.05) is 56.4 Å². The van der Waals surface area contributed by atoms with Crippen LogP contribution in [0.25, 0.3) is 33.4 Å². The summed E-state index contributed by atoms with van der Waals surface area (Å²) < 4.78 is 33.0. The first-order chi connectivity index (χ1) is 34.6. The summed E-state index contributed by atoms with van der Waals surface area (Å²) in [4.78, 5) is 9.37. The van der Waals surface area contributed by atoms with Crippen molar-refractivity contribution in [3.05, 3.63) is 295 Å². The maximum absolute atomic E-state index is 15.4. The van der Waals surface area contributed by atoms with Crippen LogP contribution in [0.2, 0.25) is 0 Å². The van der Waals surface area contributed by atoms with Gasteiger partial charge < -0.3 is 22.6 Å². The van der Waals surface area contributed by atoms with Gasteiger partial charge in [0.15, 0.2) is 5.70 Å². The topological polar surface area (TPSA) is 36.1 Å². The number of H-pyrrole nitrogens is 1. The molecule has 6 aromatic carbocycles. The van der Waals surface area contributed by atoms with E-state index in [1.807, 2.05) is 24.3 Å². The van der Waals surface area contributed by atoms with Crippen molar-refractivity contribution in [1.29, 1.82) is 0 Å². The average Bonchev–Trinajstić information content (AvgIpc) is 4.26. The molecule has 0 amide bonds. The molecule has 71 heavy (non-hydrogen) atoms. The lowest BCUT2D eigenvalue weighted by Crippen LogP contribution is -2.49. The molecule has 1 N–H and O–H groups in total. The Balaban J connectivity index is 0.984. The molecular formula is C64H47BF2N4. The first kappa shape index (κ1) is 43.4. The molecule has 0 aliphatic carbocycles. The highest BCUT2D eigenvalue weighted by Crippen LogP contribution is 2.39. The van der Waals surface area contributed by atoms with Crippen LogP contribution in [0, 0.1) is 25.7 Å². The number of nitrogens with one attached hydrogen (secondary N) is 1. The maximum Gasteiger partial charge on any atom is 0.737 e. The Morgan fingerprint density at radius 3 is 1.48 bits per heavy atom. The number of aryl methyl sites for hydroxylation is 2. The number of rotatable bonds is 4. The van der Waals surface area contributed by atoms with Crippen LogP contribution in [0.3, 0.4) is 0 Å². The summed E-state index contributed by atoms with van der Waals surface area (Å²) in [5, 5.41) is 1.95. The van der Waals surface area contributed by atoms with Crippen LogP contribution < -0.4 is 10.7 Å². The highest BCUT2D eigenvalue weighted by molar-refractivity contribution is 6.57. The summed E-state index contributed by atoms with van der Waals surface area (Å²) in [6, 6.07) is 59.3. The molecule has 6 aliphatic rings. The van der Waals surface area contributed by atoms with Gasteiger partial charge in [-0.2, -0.15) is 0 Å². The zero-order valence-corrected chi connectivity index (χ0v) is 39.8. The van der Waals surface area contributed by atoms with Crippen LogP contribution >= 0.6 is 0 Å². The number of aromatic nitrogens is 2. The van der Waals surface area contributed by atoms with Crippen molar-refractivity contribution < 1.29 is 13.1 Å². The number of benzene rings is 6. The summed E-state index contributed by atoms with van der Waals surface area (Å²) in [6.45, 7) is 4.69. The second-order valence-electron chi connectivity index (χ2n) is 18.7. The normalized spacial score (nSPS) is 19.1.